The first kappa shape index (κ1) is 14.6. The molecule has 0 aromatic heterocycles. The van der Waals surface area contributed by atoms with Crippen LogP contribution >= 0.6 is 0 Å². The molecule has 0 aliphatic heterocycles. The van der Waals surface area contributed by atoms with Crippen LogP contribution in [0.25, 0.3) is 0 Å². The van der Waals surface area contributed by atoms with E-state index in [-0.39, 0.29) is 6.61 Å². The van der Waals surface area contributed by atoms with Crippen molar-refractivity contribution in [1.82, 2.24) is 0 Å². The Labute approximate surface area is 109 Å². The zero-order valence-corrected chi connectivity index (χ0v) is 12.3. The molecular formula is C15H25OS+. The van der Waals surface area contributed by atoms with Gasteiger partial charge in [-0.1, -0.05) is 12.1 Å². The fourth-order valence-corrected chi connectivity index (χ4v) is 4.81. The maximum atomic E-state index is 8.82. The van der Waals surface area contributed by atoms with E-state index < -0.39 is 0 Å². The lowest BCUT2D eigenvalue weighted by atomic mass is 10.1. The van der Waals surface area contributed by atoms with Crippen molar-refractivity contribution < 1.29 is 5.11 Å². The Hall–Kier alpha value is -0.470. The van der Waals surface area contributed by atoms with Crippen LogP contribution in [0, 0.1) is 0 Å². The Bertz CT molecular complexity index is 308. The molecule has 0 atom stereocenters. The lowest BCUT2D eigenvalue weighted by Gasteiger charge is -2.15. The molecule has 1 aromatic rings. The third kappa shape index (κ3) is 4.36. The predicted molar refractivity (Wildman–Crippen MR) is 77.8 cm³/mol. The van der Waals surface area contributed by atoms with E-state index in [0.29, 0.717) is 21.4 Å². The van der Waals surface area contributed by atoms with Gasteiger partial charge in [-0.05, 0) is 58.2 Å². The molecule has 0 aliphatic carbocycles. The van der Waals surface area contributed by atoms with Gasteiger partial charge in [0.05, 0.1) is 0 Å². The van der Waals surface area contributed by atoms with E-state index in [0.717, 1.165) is 12.8 Å². The fourth-order valence-electron chi connectivity index (χ4n) is 2.19. The number of hydrogen-bond acceptors (Lipinski definition) is 1. The van der Waals surface area contributed by atoms with Crippen molar-refractivity contribution in [2.45, 2.75) is 55.9 Å². The van der Waals surface area contributed by atoms with Gasteiger partial charge in [-0.3, -0.25) is 0 Å². The standard InChI is InChI=1S/C15H25OS/c1-12(2)17(13(3)4)15-9-7-14(8-10-15)6-5-11-16/h7-10,12-13,16H,5-6,11H2,1-4H3/q+1. The summed E-state index contributed by atoms with van der Waals surface area (Å²) in [5.74, 6) is 0. The third-order valence-corrected chi connectivity index (χ3v) is 5.68. The summed E-state index contributed by atoms with van der Waals surface area (Å²) in [6, 6.07) is 8.98. The van der Waals surface area contributed by atoms with E-state index in [9.17, 15) is 0 Å². The number of aliphatic hydroxyl groups excluding tert-OH is 1. The summed E-state index contributed by atoms with van der Waals surface area (Å²) in [5.41, 5.74) is 1.33. The topological polar surface area (TPSA) is 20.2 Å². The molecular weight excluding hydrogens is 228 g/mol. The summed E-state index contributed by atoms with van der Waals surface area (Å²) >= 11 is 0. The first-order chi connectivity index (χ1) is 8.06. The molecule has 1 aromatic carbocycles. The second-order valence-electron chi connectivity index (χ2n) is 4.94. The van der Waals surface area contributed by atoms with Gasteiger partial charge in [-0.2, -0.15) is 0 Å². The van der Waals surface area contributed by atoms with Gasteiger partial charge in [-0.25, -0.2) is 0 Å². The molecule has 0 fully saturated rings. The average Bonchev–Trinajstić information content (AvgIpc) is 2.27. The monoisotopic (exact) mass is 253 g/mol. The second-order valence-corrected chi connectivity index (χ2v) is 8.04. The highest BCUT2D eigenvalue weighted by Gasteiger charge is 2.29. The van der Waals surface area contributed by atoms with Gasteiger partial charge in [0.25, 0.3) is 0 Å². The van der Waals surface area contributed by atoms with Gasteiger partial charge in [0, 0.05) is 17.5 Å². The van der Waals surface area contributed by atoms with E-state index in [4.69, 9.17) is 5.11 Å². The van der Waals surface area contributed by atoms with Gasteiger partial charge in [0.15, 0.2) is 4.90 Å². The van der Waals surface area contributed by atoms with Crippen molar-refractivity contribution >= 4 is 10.9 Å². The summed E-state index contributed by atoms with van der Waals surface area (Å²) in [6.07, 6.45) is 1.84. The summed E-state index contributed by atoms with van der Waals surface area (Å²) in [5, 5.41) is 10.2. The molecule has 0 bridgehead atoms. The molecule has 17 heavy (non-hydrogen) atoms. The van der Waals surface area contributed by atoms with Gasteiger partial charge >= 0.3 is 0 Å². The molecule has 0 radical (unpaired) electrons. The molecule has 0 heterocycles. The van der Waals surface area contributed by atoms with E-state index >= 15 is 0 Å². The highest BCUT2D eigenvalue weighted by atomic mass is 32.2. The van der Waals surface area contributed by atoms with Crippen molar-refractivity contribution in [3.63, 3.8) is 0 Å². The highest BCUT2D eigenvalue weighted by Crippen LogP contribution is 2.24. The van der Waals surface area contributed by atoms with E-state index in [1.807, 2.05) is 0 Å². The summed E-state index contributed by atoms with van der Waals surface area (Å²) in [6.45, 7) is 9.52. The van der Waals surface area contributed by atoms with Gasteiger partial charge in [0.1, 0.15) is 10.5 Å². The minimum Gasteiger partial charge on any atom is -0.396 e. The summed E-state index contributed by atoms with van der Waals surface area (Å²) in [4.78, 5) is 1.47. The van der Waals surface area contributed by atoms with Crippen molar-refractivity contribution in [2.24, 2.45) is 0 Å². The highest BCUT2D eigenvalue weighted by molar-refractivity contribution is 7.98. The second kappa shape index (κ2) is 7.07. The first-order valence-electron chi connectivity index (χ1n) is 6.48. The predicted octanol–water partition coefficient (Wildman–Crippen LogP) is 3.41. The molecule has 1 rings (SSSR count). The molecule has 0 saturated carbocycles. The molecule has 0 unspecified atom stereocenters. The fraction of sp³-hybridized carbons (Fsp3) is 0.600. The molecule has 0 amide bonds. The zero-order chi connectivity index (χ0) is 12.8. The summed E-state index contributed by atoms with van der Waals surface area (Å²) < 4.78 is 0. The SMILES string of the molecule is CC(C)[S+](c1ccc(CCCO)cc1)C(C)C. The number of rotatable bonds is 6. The van der Waals surface area contributed by atoms with E-state index in [1.165, 1.54) is 10.5 Å². The Morgan fingerprint density at radius 1 is 1.00 bits per heavy atom. The molecule has 0 saturated heterocycles. The van der Waals surface area contributed by atoms with Crippen LogP contribution in [-0.2, 0) is 17.3 Å². The van der Waals surface area contributed by atoms with E-state index in [1.54, 1.807) is 0 Å². The maximum Gasteiger partial charge on any atom is 0.155 e. The molecule has 0 spiro atoms. The van der Waals surface area contributed by atoms with Crippen LogP contribution in [-0.4, -0.2) is 22.2 Å². The molecule has 1 nitrogen and oxygen atoms in total. The third-order valence-electron chi connectivity index (χ3n) is 2.83. The Kier molecular flexibility index (Phi) is 6.07. The average molecular weight is 253 g/mol. The quantitative estimate of drug-likeness (QED) is 0.770. The Morgan fingerprint density at radius 2 is 1.53 bits per heavy atom. The van der Waals surface area contributed by atoms with Crippen LogP contribution in [0.3, 0.4) is 0 Å². The van der Waals surface area contributed by atoms with E-state index in [2.05, 4.69) is 52.0 Å². The minimum absolute atomic E-state index is 0.282. The van der Waals surface area contributed by atoms with Crippen LogP contribution in [0.5, 0.6) is 0 Å². The molecule has 1 N–H and O–H groups in total. The lowest BCUT2D eigenvalue weighted by molar-refractivity contribution is 0.288. The van der Waals surface area contributed by atoms with Crippen LogP contribution in [0.4, 0.5) is 0 Å². The van der Waals surface area contributed by atoms with Crippen molar-refractivity contribution in [3.8, 4) is 0 Å². The smallest absolute Gasteiger partial charge is 0.155 e. The number of aliphatic hydroxyl groups is 1. The summed E-state index contributed by atoms with van der Waals surface area (Å²) in [7, 11) is 0.345. The number of benzene rings is 1. The van der Waals surface area contributed by atoms with Crippen molar-refractivity contribution in [1.29, 1.82) is 0 Å². The number of hydrogen-bond donors (Lipinski definition) is 1. The zero-order valence-electron chi connectivity index (χ0n) is 11.4. The maximum absolute atomic E-state index is 8.82. The van der Waals surface area contributed by atoms with Gasteiger partial charge in [-0.15, -0.1) is 0 Å². The van der Waals surface area contributed by atoms with Gasteiger partial charge in [0.2, 0.25) is 0 Å². The van der Waals surface area contributed by atoms with Gasteiger partial charge < -0.3 is 5.11 Å². The number of aryl methyl sites for hydroxylation is 1. The normalized spacial score (nSPS) is 11.8. The van der Waals surface area contributed by atoms with Crippen LogP contribution in [0.1, 0.15) is 39.7 Å². The van der Waals surface area contributed by atoms with Crippen molar-refractivity contribution in [3.05, 3.63) is 29.8 Å². The van der Waals surface area contributed by atoms with Crippen LogP contribution in [0.2, 0.25) is 0 Å². The van der Waals surface area contributed by atoms with Crippen LogP contribution < -0.4 is 0 Å². The molecule has 2 heteroatoms. The lowest BCUT2D eigenvalue weighted by Crippen LogP contribution is -2.24. The first-order valence-corrected chi connectivity index (χ1v) is 7.83. The Balaban J connectivity index is 2.77. The minimum atomic E-state index is 0.282. The van der Waals surface area contributed by atoms with Crippen LogP contribution in [0.15, 0.2) is 29.2 Å². The largest absolute Gasteiger partial charge is 0.396 e. The molecule has 96 valence electrons. The van der Waals surface area contributed by atoms with Crippen molar-refractivity contribution in [2.75, 3.05) is 6.61 Å². The Morgan fingerprint density at radius 3 is 1.94 bits per heavy atom. The molecule has 0 aliphatic rings.